The molecule has 3 rings (SSSR count). The largest absolute Gasteiger partial charge is 0.494 e. The predicted molar refractivity (Wildman–Crippen MR) is 141 cm³/mol. The lowest BCUT2D eigenvalue weighted by Crippen LogP contribution is -2.08. The van der Waals surface area contributed by atoms with Crippen LogP contribution in [0.1, 0.15) is 79.8 Å². The molecule has 0 N–H and O–H groups in total. The number of carbonyl (C=O) groups is 1. The molecule has 0 bridgehead atoms. The number of benzene rings is 3. The van der Waals surface area contributed by atoms with E-state index >= 15 is 0 Å². The topological polar surface area (TPSA) is 68.6 Å². The van der Waals surface area contributed by atoms with E-state index in [0.29, 0.717) is 35.8 Å². The average Bonchev–Trinajstić information content (AvgIpc) is 2.92. The van der Waals surface area contributed by atoms with Crippen molar-refractivity contribution < 1.29 is 19.0 Å². The first-order chi connectivity index (χ1) is 17.7. The van der Waals surface area contributed by atoms with Crippen molar-refractivity contribution in [2.24, 2.45) is 0 Å². The van der Waals surface area contributed by atoms with Crippen LogP contribution >= 0.6 is 0 Å². The normalized spacial score (nSPS) is 10.4. The summed E-state index contributed by atoms with van der Waals surface area (Å²) in [6.07, 6.45) is 10.2. The minimum absolute atomic E-state index is 0.378. The van der Waals surface area contributed by atoms with Gasteiger partial charge >= 0.3 is 5.97 Å². The fourth-order valence-corrected chi connectivity index (χ4v) is 3.73. The van der Waals surface area contributed by atoms with Crippen LogP contribution in [0.25, 0.3) is 0 Å². The molecule has 188 valence electrons. The Balaban J connectivity index is 1.36. The molecule has 5 nitrogen and oxygen atoms in total. The molecule has 5 heteroatoms. The molecule has 3 aromatic carbocycles. The second-order valence-corrected chi connectivity index (χ2v) is 8.81. The summed E-state index contributed by atoms with van der Waals surface area (Å²) in [6, 6.07) is 23.3. The number of unbranched alkanes of at least 4 members (excludes halogenated alkanes) is 7. The summed E-state index contributed by atoms with van der Waals surface area (Å²) < 4.78 is 17.0. The Labute approximate surface area is 214 Å². The molecule has 0 aliphatic carbocycles. The molecule has 0 aliphatic heterocycles. The second kappa shape index (κ2) is 15.3. The Morgan fingerprint density at radius 3 is 1.89 bits per heavy atom. The number of hydrogen-bond donors (Lipinski definition) is 0. The van der Waals surface area contributed by atoms with Crippen LogP contribution in [0.3, 0.4) is 0 Å². The van der Waals surface area contributed by atoms with Gasteiger partial charge in [0.1, 0.15) is 23.9 Å². The van der Waals surface area contributed by atoms with Gasteiger partial charge < -0.3 is 14.2 Å². The second-order valence-electron chi connectivity index (χ2n) is 8.81. The van der Waals surface area contributed by atoms with Gasteiger partial charge in [-0.05, 0) is 72.6 Å². The van der Waals surface area contributed by atoms with E-state index in [1.807, 2.05) is 24.3 Å². The van der Waals surface area contributed by atoms with Gasteiger partial charge in [0.2, 0.25) is 0 Å². The maximum Gasteiger partial charge on any atom is 0.343 e. The molecule has 0 fully saturated rings. The molecule has 0 heterocycles. The molecular formula is C31H35NO4. The smallest absolute Gasteiger partial charge is 0.343 e. The van der Waals surface area contributed by atoms with E-state index in [1.54, 1.807) is 48.5 Å². The molecule has 0 aliphatic rings. The summed E-state index contributed by atoms with van der Waals surface area (Å²) in [5.74, 6) is 1.47. The zero-order valence-electron chi connectivity index (χ0n) is 21.1. The summed E-state index contributed by atoms with van der Waals surface area (Å²) in [7, 11) is 0. The minimum atomic E-state index is -0.429. The van der Waals surface area contributed by atoms with Gasteiger partial charge in [0.15, 0.2) is 0 Å². The predicted octanol–water partition coefficient (Wildman–Crippen LogP) is 7.88. The molecular weight excluding hydrogens is 450 g/mol. The third-order valence-electron chi connectivity index (χ3n) is 5.88. The number of rotatable bonds is 15. The van der Waals surface area contributed by atoms with Gasteiger partial charge in [-0.2, -0.15) is 5.26 Å². The van der Waals surface area contributed by atoms with Crippen LogP contribution < -0.4 is 14.2 Å². The summed E-state index contributed by atoms with van der Waals surface area (Å²) in [5.41, 5.74) is 2.01. The van der Waals surface area contributed by atoms with E-state index < -0.39 is 5.97 Å². The van der Waals surface area contributed by atoms with Crippen molar-refractivity contribution in [3.8, 4) is 23.3 Å². The van der Waals surface area contributed by atoms with Crippen molar-refractivity contribution in [1.82, 2.24) is 0 Å². The van der Waals surface area contributed by atoms with Crippen LogP contribution in [0.4, 0.5) is 0 Å². The highest BCUT2D eigenvalue weighted by Crippen LogP contribution is 2.21. The van der Waals surface area contributed by atoms with E-state index in [9.17, 15) is 4.79 Å². The van der Waals surface area contributed by atoms with Gasteiger partial charge in [-0.1, -0.05) is 64.0 Å². The van der Waals surface area contributed by atoms with E-state index in [2.05, 4.69) is 13.0 Å². The van der Waals surface area contributed by atoms with E-state index in [1.165, 1.54) is 44.9 Å². The van der Waals surface area contributed by atoms with Crippen molar-refractivity contribution in [3.63, 3.8) is 0 Å². The molecule has 0 spiro atoms. The number of carbonyl (C=O) groups excluding carboxylic acids is 1. The van der Waals surface area contributed by atoms with Crippen molar-refractivity contribution >= 4 is 5.97 Å². The first kappa shape index (κ1) is 26.8. The zero-order chi connectivity index (χ0) is 25.4. The lowest BCUT2D eigenvalue weighted by atomic mass is 10.1. The van der Waals surface area contributed by atoms with E-state index in [0.717, 1.165) is 17.7 Å². The maximum absolute atomic E-state index is 12.5. The minimum Gasteiger partial charge on any atom is -0.494 e. The van der Waals surface area contributed by atoms with Crippen LogP contribution in [-0.4, -0.2) is 12.6 Å². The Kier molecular flexibility index (Phi) is 11.4. The highest BCUT2D eigenvalue weighted by molar-refractivity contribution is 5.91. The van der Waals surface area contributed by atoms with Gasteiger partial charge in [-0.15, -0.1) is 0 Å². The Bertz CT molecular complexity index is 1080. The lowest BCUT2D eigenvalue weighted by Gasteiger charge is -2.09. The maximum atomic E-state index is 12.5. The van der Waals surface area contributed by atoms with Crippen molar-refractivity contribution in [1.29, 1.82) is 5.26 Å². The average molecular weight is 486 g/mol. The van der Waals surface area contributed by atoms with Gasteiger partial charge in [0.25, 0.3) is 0 Å². The van der Waals surface area contributed by atoms with Crippen LogP contribution in [0.2, 0.25) is 0 Å². The Morgan fingerprint density at radius 1 is 0.694 bits per heavy atom. The summed E-state index contributed by atoms with van der Waals surface area (Å²) >= 11 is 0. The fourth-order valence-electron chi connectivity index (χ4n) is 3.73. The molecule has 0 amide bonds. The van der Waals surface area contributed by atoms with Crippen LogP contribution in [0, 0.1) is 11.3 Å². The molecule has 36 heavy (non-hydrogen) atoms. The number of nitrogens with zero attached hydrogens (tertiary/aromatic N) is 1. The first-order valence-corrected chi connectivity index (χ1v) is 12.8. The van der Waals surface area contributed by atoms with Crippen LogP contribution in [0.5, 0.6) is 17.2 Å². The summed E-state index contributed by atoms with van der Waals surface area (Å²) in [5, 5.41) is 8.87. The number of esters is 1. The van der Waals surface area contributed by atoms with E-state index in [-0.39, 0.29) is 0 Å². The van der Waals surface area contributed by atoms with Gasteiger partial charge in [-0.25, -0.2) is 4.79 Å². The van der Waals surface area contributed by atoms with Gasteiger partial charge in [0.05, 0.1) is 23.8 Å². The Hall–Kier alpha value is -3.78. The molecule has 0 saturated carbocycles. The van der Waals surface area contributed by atoms with E-state index in [4.69, 9.17) is 19.5 Å². The number of nitriles is 1. The third kappa shape index (κ3) is 9.46. The summed E-state index contributed by atoms with van der Waals surface area (Å²) in [4.78, 5) is 12.5. The highest BCUT2D eigenvalue weighted by atomic mass is 16.5. The molecule has 3 aromatic rings. The molecule has 0 saturated heterocycles. The summed E-state index contributed by atoms with van der Waals surface area (Å²) in [6.45, 7) is 3.32. The monoisotopic (exact) mass is 485 g/mol. The molecule has 0 atom stereocenters. The highest BCUT2D eigenvalue weighted by Gasteiger charge is 2.09. The van der Waals surface area contributed by atoms with Crippen molar-refractivity contribution in [3.05, 3.63) is 89.5 Å². The fraction of sp³-hybridized carbons (Fsp3) is 0.355. The van der Waals surface area contributed by atoms with Crippen LogP contribution in [-0.2, 0) is 6.61 Å². The third-order valence-corrected chi connectivity index (χ3v) is 5.88. The standard InChI is InChI=1S/C31H35NO4/c1-2-3-4-5-6-7-8-9-22-34-28-18-20-30(21-19-28)36-31(33)27-14-16-29(17-15-27)35-24-26-12-10-25(23-32)11-13-26/h10-21H,2-9,22,24H2,1H3. The SMILES string of the molecule is CCCCCCCCCCOc1ccc(OC(=O)c2ccc(OCc3ccc(C#N)cc3)cc2)cc1. The first-order valence-electron chi connectivity index (χ1n) is 12.8. The number of ether oxygens (including phenoxy) is 3. The number of hydrogen-bond acceptors (Lipinski definition) is 5. The lowest BCUT2D eigenvalue weighted by molar-refractivity contribution is 0.0734. The van der Waals surface area contributed by atoms with Crippen LogP contribution in [0.15, 0.2) is 72.8 Å². The molecule has 0 radical (unpaired) electrons. The van der Waals surface area contributed by atoms with Gasteiger partial charge in [-0.3, -0.25) is 0 Å². The van der Waals surface area contributed by atoms with Crippen molar-refractivity contribution in [2.45, 2.75) is 64.9 Å². The molecule has 0 unspecified atom stereocenters. The Morgan fingerprint density at radius 2 is 1.25 bits per heavy atom. The van der Waals surface area contributed by atoms with Gasteiger partial charge in [0, 0.05) is 0 Å². The zero-order valence-corrected chi connectivity index (χ0v) is 21.1. The quantitative estimate of drug-likeness (QED) is 0.124. The molecule has 0 aromatic heterocycles. The van der Waals surface area contributed by atoms with Crippen molar-refractivity contribution in [2.75, 3.05) is 6.61 Å².